The standard InChI is InChI=1S/C20H15N3O2S/c24-17-5-1-4-14-18(17)20(25)23(10-13-3-2-8-26-13)19(14)12-6-7-15-16(9-12)22-11-21-15/h1-9,11,19,24H,10H2,(H,21,22). The molecule has 0 bridgehead atoms. The Hall–Kier alpha value is -3.12. The fourth-order valence-electron chi connectivity index (χ4n) is 3.66. The Labute approximate surface area is 153 Å². The van der Waals surface area contributed by atoms with Crippen LogP contribution in [0, 0.1) is 0 Å². The number of aromatic amines is 1. The molecule has 1 amide bonds. The molecule has 5 nitrogen and oxygen atoms in total. The summed E-state index contributed by atoms with van der Waals surface area (Å²) in [5.74, 6) is -0.102. The molecule has 6 heteroatoms. The molecule has 0 fully saturated rings. The number of aromatic hydroxyl groups is 1. The third kappa shape index (κ3) is 2.23. The first kappa shape index (κ1) is 15.2. The Morgan fingerprint density at radius 3 is 2.96 bits per heavy atom. The number of thiophene rings is 1. The lowest BCUT2D eigenvalue weighted by molar-refractivity contribution is 0.0736. The number of hydrogen-bond acceptors (Lipinski definition) is 4. The van der Waals surface area contributed by atoms with Gasteiger partial charge < -0.3 is 15.0 Å². The fourth-order valence-corrected chi connectivity index (χ4v) is 4.37. The van der Waals surface area contributed by atoms with Crippen LogP contribution in [0.2, 0.25) is 0 Å². The molecule has 128 valence electrons. The lowest BCUT2D eigenvalue weighted by Crippen LogP contribution is -2.27. The molecule has 1 aliphatic heterocycles. The second-order valence-corrected chi connectivity index (χ2v) is 7.37. The largest absolute Gasteiger partial charge is 0.507 e. The summed E-state index contributed by atoms with van der Waals surface area (Å²) in [7, 11) is 0. The third-order valence-electron chi connectivity index (χ3n) is 4.82. The van der Waals surface area contributed by atoms with E-state index in [1.165, 1.54) is 0 Å². The van der Waals surface area contributed by atoms with Crippen LogP contribution >= 0.6 is 11.3 Å². The van der Waals surface area contributed by atoms with Crippen LogP contribution in [0.3, 0.4) is 0 Å². The number of carbonyl (C=O) groups excluding carboxylic acids is 1. The van der Waals surface area contributed by atoms with Crippen LogP contribution in [0.15, 0.2) is 60.2 Å². The van der Waals surface area contributed by atoms with Crippen molar-refractivity contribution in [3.05, 3.63) is 81.8 Å². The van der Waals surface area contributed by atoms with Gasteiger partial charge in [0.15, 0.2) is 0 Å². The molecular formula is C20H15N3O2S. The summed E-state index contributed by atoms with van der Waals surface area (Å²) < 4.78 is 0. The number of hydrogen-bond donors (Lipinski definition) is 2. The van der Waals surface area contributed by atoms with E-state index in [1.54, 1.807) is 29.8 Å². The molecule has 4 aromatic rings. The van der Waals surface area contributed by atoms with E-state index >= 15 is 0 Å². The Balaban J connectivity index is 1.67. The van der Waals surface area contributed by atoms with Crippen molar-refractivity contribution in [2.24, 2.45) is 0 Å². The number of H-pyrrole nitrogens is 1. The molecule has 0 spiro atoms. The Morgan fingerprint density at radius 1 is 1.19 bits per heavy atom. The van der Waals surface area contributed by atoms with Crippen LogP contribution in [-0.4, -0.2) is 25.9 Å². The highest BCUT2D eigenvalue weighted by molar-refractivity contribution is 7.09. The molecule has 0 aliphatic carbocycles. The normalized spacial score (nSPS) is 16.4. The van der Waals surface area contributed by atoms with Gasteiger partial charge in [0.05, 0.1) is 35.5 Å². The predicted molar refractivity (Wildman–Crippen MR) is 100 cm³/mol. The Bertz CT molecular complexity index is 1120. The summed E-state index contributed by atoms with van der Waals surface area (Å²) in [5, 5.41) is 12.3. The van der Waals surface area contributed by atoms with Gasteiger partial charge in [-0.15, -0.1) is 11.3 Å². The predicted octanol–water partition coefficient (Wildman–Crippen LogP) is 4.08. The number of rotatable bonds is 3. The van der Waals surface area contributed by atoms with Gasteiger partial charge in [-0.05, 0) is 40.8 Å². The molecule has 0 radical (unpaired) electrons. The van der Waals surface area contributed by atoms with Crippen molar-refractivity contribution in [1.82, 2.24) is 14.9 Å². The highest BCUT2D eigenvalue weighted by Crippen LogP contribution is 2.43. The average molecular weight is 361 g/mol. The fraction of sp³-hybridized carbons (Fsp3) is 0.100. The molecule has 2 N–H and O–H groups in total. The van der Waals surface area contributed by atoms with Crippen molar-refractivity contribution in [2.75, 3.05) is 0 Å². The maximum Gasteiger partial charge on any atom is 0.259 e. The van der Waals surface area contributed by atoms with Gasteiger partial charge in [0.25, 0.3) is 5.91 Å². The number of benzene rings is 2. The van der Waals surface area contributed by atoms with Gasteiger partial charge in [-0.1, -0.05) is 24.3 Å². The zero-order valence-electron chi connectivity index (χ0n) is 13.7. The van der Waals surface area contributed by atoms with Gasteiger partial charge in [-0.2, -0.15) is 0 Å². The number of carbonyl (C=O) groups is 1. The van der Waals surface area contributed by atoms with Crippen molar-refractivity contribution in [3.63, 3.8) is 0 Å². The molecule has 3 heterocycles. The van der Waals surface area contributed by atoms with Gasteiger partial charge >= 0.3 is 0 Å². The third-order valence-corrected chi connectivity index (χ3v) is 5.68. The van der Waals surface area contributed by atoms with Crippen LogP contribution < -0.4 is 0 Å². The van der Waals surface area contributed by atoms with Crippen LogP contribution in [0.1, 0.15) is 32.4 Å². The first-order valence-electron chi connectivity index (χ1n) is 8.30. The molecule has 0 saturated heterocycles. The summed E-state index contributed by atoms with van der Waals surface area (Å²) in [6.07, 6.45) is 1.66. The first-order valence-corrected chi connectivity index (χ1v) is 9.18. The lowest BCUT2D eigenvalue weighted by Gasteiger charge is -2.25. The Morgan fingerprint density at radius 2 is 2.12 bits per heavy atom. The molecule has 1 unspecified atom stereocenters. The summed E-state index contributed by atoms with van der Waals surface area (Å²) >= 11 is 1.62. The molecular weight excluding hydrogens is 346 g/mol. The molecule has 2 aromatic heterocycles. The average Bonchev–Trinajstić information content (AvgIpc) is 3.36. The van der Waals surface area contributed by atoms with Gasteiger partial charge in [0, 0.05) is 4.88 Å². The topological polar surface area (TPSA) is 69.2 Å². The van der Waals surface area contributed by atoms with Gasteiger partial charge in [0.2, 0.25) is 0 Å². The van der Waals surface area contributed by atoms with Crippen LogP contribution in [0.4, 0.5) is 0 Å². The minimum atomic E-state index is -0.237. The highest BCUT2D eigenvalue weighted by atomic mass is 32.1. The number of nitrogens with one attached hydrogen (secondary N) is 1. The number of nitrogens with zero attached hydrogens (tertiary/aromatic N) is 2. The maximum absolute atomic E-state index is 13.1. The minimum absolute atomic E-state index is 0.0359. The van der Waals surface area contributed by atoms with Crippen molar-refractivity contribution in [2.45, 2.75) is 12.6 Å². The number of phenols is 1. The van der Waals surface area contributed by atoms with Crippen LogP contribution in [0.25, 0.3) is 11.0 Å². The molecule has 2 aromatic carbocycles. The monoisotopic (exact) mass is 361 g/mol. The second kappa shape index (κ2) is 5.71. The zero-order valence-corrected chi connectivity index (χ0v) is 14.5. The van der Waals surface area contributed by atoms with Crippen LogP contribution in [0.5, 0.6) is 5.75 Å². The van der Waals surface area contributed by atoms with Gasteiger partial charge in [-0.25, -0.2) is 4.98 Å². The smallest absolute Gasteiger partial charge is 0.259 e. The number of aromatic nitrogens is 2. The molecule has 26 heavy (non-hydrogen) atoms. The summed E-state index contributed by atoms with van der Waals surface area (Å²) in [6, 6.07) is 15.0. The summed E-state index contributed by atoms with van der Waals surface area (Å²) in [5.41, 5.74) is 4.05. The van der Waals surface area contributed by atoms with E-state index in [0.29, 0.717) is 12.1 Å². The lowest BCUT2D eigenvalue weighted by atomic mass is 9.97. The van der Waals surface area contributed by atoms with Crippen LogP contribution in [-0.2, 0) is 6.54 Å². The zero-order chi connectivity index (χ0) is 17.7. The van der Waals surface area contributed by atoms with E-state index in [2.05, 4.69) is 9.97 Å². The van der Waals surface area contributed by atoms with Gasteiger partial charge in [0.1, 0.15) is 5.75 Å². The van der Waals surface area contributed by atoms with Crippen molar-refractivity contribution < 1.29 is 9.90 Å². The van der Waals surface area contributed by atoms with Crippen molar-refractivity contribution >= 4 is 28.3 Å². The molecule has 5 rings (SSSR count). The minimum Gasteiger partial charge on any atom is -0.507 e. The second-order valence-electron chi connectivity index (χ2n) is 6.34. The SMILES string of the molecule is O=C1c2c(O)cccc2C(c2ccc3nc[nH]c3c2)N1Cc1cccs1. The van der Waals surface area contributed by atoms with E-state index in [0.717, 1.165) is 27.0 Å². The number of phenolic OH excluding ortho intramolecular Hbond substituents is 1. The Kier molecular flexibility index (Phi) is 3.33. The van der Waals surface area contributed by atoms with E-state index < -0.39 is 0 Å². The highest BCUT2D eigenvalue weighted by Gasteiger charge is 2.39. The first-order chi connectivity index (χ1) is 12.7. The van der Waals surface area contributed by atoms with Gasteiger partial charge in [-0.3, -0.25) is 4.79 Å². The number of fused-ring (bicyclic) bond motifs is 2. The van der Waals surface area contributed by atoms with Crippen molar-refractivity contribution in [3.8, 4) is 5.75 Å². The van der Waals surface area contributed by atoms with E-state index in [1.807, 2.05) is 46.7 Å². The quantitative estimate of drug-likeness (QED) is 0.578. The van der Waals surface area contributed by atoms with Crippen molar-refractivity contribution in [1.29, 1.82) is 0 Å². The maximum atomic E-state index is 13.1. The number of amides is 1. The summed E-state index contributed by atoms with van der Waals surface area (Å²) in [4.78, 5) is 23.4. The summed E-state index contributed by atoms with van der Waals surface area (Å²) in [6.45, 7) is 0.510. The van der Waals surface area contributed by atoms with E-state index in [9.17, 15) is 9.90 Å². The van der Waals surface area contributed by atoms with E-state index in [4.69, 9.17) is 0 Å². The molecule has 1 aliphatic rings. The molecule has 0 saturated carbocycles. The van der Waals surface area contributed by atoms with E-state index in [-0.39, 0.29) is 17.7 Å². The number of imidazole rings is 1. The molecule has 1 atom stereocenters.